The number of aromatic nitrogens is 1. The van der Waals surface area contributed by atoms with Gasteiger partial charge in [0.25, 0.3) is 0 Å². The zero-order chi connectivity index (χ0) is 24.7. The molecule has 0 bridgehead atoms. The topological polar surface area (TPSA) is 28.1 Å². The highest BCUT2D eigenvalue weighted by atomic mass is 14.8. The molecular formula is C33H32N2. The lowest BCUT2D eigenvalue weighted by Gasteiger charge is -2.12. The molecule has 0 fully saturated rings. The van der Waals surface area contributed by atoms with E-state index in [0.717, 1.165) is 33.9 Å². The van der Waals surface area contributed by atoms with E-state index in [0.29, 0.717) is 0 Å². The molecule has 3 aromatic carbocycles. The van der Waals surface area contributed by atoms with Crippen LogP contribution in [-0.2, 0) is 0 Å². The Labute approximate surface area is 208 Å². The van der Waals surface area contributed by atoms with Crippen LogP contribution >= 0.6 is 0 Å². The van der Waals surface area contributed by atoms with E-state index in [-0.39, 0.29) is 0 Å². The summed E-state index contributed by atoms with van der Waals surface area (Å²) < 4.78 is 0. The van der Waals surface area contributed by atoms with Gasteiger partial charge in [0.1, 0.15) is 0 Å². The Bertz CT molecular complexity index is 1480. The molecule has 1 aliphatic rings. The minimum atomic E-state index is 0.983. The molecule has 0 spiro atoms. The van der Waals surface area contributed by atoms with Crippen molar-refractivity contribution in [2.24, 2.45) is 4.99 Å². The molecule has 1 N–H and O–H groups in total. The first kappa shape index (κ1) is 22.9. The molecule has 1 aliphatic heterocycles. The number of nitrogens with one attached hydrogen (secondary N) is 1. The molecule has 0 amide bonds. The number of rotatable bonds is 4. The minimum absolute atomic E-state index is 0.983. The quantitative estimate of drug-likeness (QED) is 0.320. The van der Waals surface area contributed by atoms with E-state index in [4.69, 9.17) is 4.99 Å². The number of aliphatic imine (C=N–C) groups is 1. The first-order valence-corrected chi connectivity index (χ1v) is 12.2. The summed E-state index contributed by atoms with van der Waals surface area (Å²) in [5, 5.41) is 0. The zero-order valence-electron chi connectivity index (χ0n) is 21.5. The molecule has 5 rings (SSSR count). The van der Waals surface area contributed by atoms with Gasteiger partial charge in [-0.05, 0) is 93.6 Å². The van der Waals surface area contributed by atoms with E-state index in [1.54, 1.807) is 0 Å². The maximum Gasteiger partial charge on any atom is 0.0737 e. The van der Waals surface area contributed by atoms with Gasteiger partial charge in [-0.15, -0.1) is 0 Å². The van der Waals surface area contributed by atoms with Crippen LogP contribution in [0.3, 0.4) is 0 Å². The number of nitrogens with zero attached hydrogens (tertiary/aromatic N) is 1. The number of aromatic amines is 1. The normalized spacial score (nSPS) is 14.4. The predicted molar refractivity (Wildman–Crippen MR) is 149 cm³/mol. The third-order valence-electron chi connectivity index (χ3n) is 6.79. The van der Waals surface area contributed by atoms with Gasteiger partial charge < -0.3 is 4.98 Å². The van der Waals surface area contributed by atoms with Crippen LogP contribution in [0.25, 0.3) is 16.8 Å². The molecule has 0 aliphatic carbocycles. The van der Waals surface area contributed by atoms with Crippen LogP contribution < -0.4 is 0 Å². The number of allylic oxidation sites excluding steroid dienone is 2. The van der Waals surface area contributed by atoms with E-state index in [1.165, 1.54) is 44.5 Å². The van der Waals surface area contributed by atoms with Crippen molar-refractivity contribution in [2.45, 2.75) is 41.5 Å². The van der Waals surface area contributed by atoms with Gasteiger partial charge in [-0.3, -0.25) is 0 Å². The van der Waals surface area contributed by atoms with Crippen molar-refractivity contribution in [1.29, 1.82) is 0 Å². The molecule has 174 valence electrons. The number of H-pyrrole nitrogens is 1. The van der Waals surface area contributed by atoms with Gasteiger partial charge in [0, 0.05) is 28.1 Å². The molecule has 35 heavy (non-hydrogen) atoms. The lowest BCUT2D eigenvalue weighted by Crippen LogP contribution is -2.02. The van der Waals surface area contributed by atoms with Crippen molar-refractivity contribution in [2.75, 3.05) is 0 Å². The van der Waals surface area contributed by atoms with Crippen molar-refractivity contribution in [3.63, 3.8) is 0 Å². The molecule has 0 unspecified atom stereocenters. The fourth-order valence-electron chi connectivity index (χ4n) is 5.56. The Morgan fingerprint density at radius 3 is 1.80 bits per heavy atom. The summed E-state index contributed by atoms with van der Waals surface area (Å²) in [5.74, 6) is 0. The van der Waals surface area contributed by atoms with Gasteiger partial charge in [0.15, 0.2) is 0 Å². The second-order valence-electron chi connectivity index (χ2n) is 9.79. The molecule has 2 heteroatoms. The second-order valence-corrected chi connectivity index (χ2v) is 9.79. The van der Waals surface area contributed by atoms with Crippen LogP contribution in [0, 0.1) is 41.5 Å². The Hall–Kier alpha value is -3.91. The van der Waals surface area contributed by atoms with Crippen molar-refractivity contribution in [1.82, 2.24) is 4.98 Å². The average molecular weight is 457 g/mol. The van der Waals surface area contributed by atoms with Crippen LogP contribution in [0.1, 0.15) is 50.2 Å². The zero-order valence-corrected chi connectivity index (χ0v) is 21.5. The molecule has 0 atom stereocenters. The van der Waals surface area contributed by atoms with E-state index < -0.39 is 0 Å². The largest absolute Gasteiger partial charge is 0.354 e. The highest BCUT2D eigenvalue weighted by Gasteiger charge is 2.19. The lowest BCUT2D eigenvalue weighted by molar-refractivity contribution is 1.27. The third-order valence-corrected chi connectivity index (χ3v) is 6.79. The number of benzene rings is 3. The van der Waals surface area contributed by atoms with E-state index in [2.05, 4.69) is 125 Å². The first-order valence-electron chi connectivity index (χ1n) is 12.2. The van der Waals surface area contributed by atoms with Crippen molar-refractivity contribution in [3.8, 4) is 11.3 Å². The number of aryl methyl sites for hydroxylation is 6. The lowest BCUT2D eigenvalue weighted by atomic mass is 9.96. The van der Waals surface area contributed by atoms with Crippen molar-refractivity contribution in [3.05, 3.63) is 135 Å². The molecule has 0 saturated heterocycles. The van der Waals surface area contributed by atoms with Gasteiger partial charge >= 0.3 is 0 Å². The molecule has 0 saturated carbocycles. The Morgan fingerprint density at radius 1 is 0.629 bits per heavy atom. The first-order chi connectivity index (χ1) is 16.8. The van der Waals surface area contributed by atoms with Gasteiger partial charge in [0.05, 0.1) is 11.4 Å². The fraction of sp³-hybridized carbons (Fsp3) is 0.182. The highest BCUT2D eigenvalue weighted by Crippen LogP contribution is 2.34. The number of hydrogen-bond acceptors (Lipinski definition) is 1. The van der Waals surface area contributed by atoms with Crippen LogP contribution in [0.15, 0.2) is 89.6 Å². The van der Waals surface area contributed by atoms with Crippen LogP contribution in [-0.4, -0.2) is 10.7 Å². The summed E-state index contributed by atoms with van der Waals surface area (Å²) in [6.45, 7) is 13.0. The SMILES string of the molecule is Cc1cc(C)c(C2=N/C(=C(/c3ccccc3)c3ccc(-c4c(C)cc(C)cc4C)[nH]3)C=C2)c(C)c1. The molecule has 2 heterocycles. The molecule has 2 nitrogen and oxygen atoms in total. The summed E-state index contributed by atoms with van der Waals surface area (Å²) in [4.78, 5) is 8.89. The number of hydrogen-bond donors (Lipinski definition) is 1. The Kier molecular flexibility index (Phi) is 5.90. The van der Waals surface area contributed by atoms with Gasteiger partial charge in [-0.25, -0.2) is 4.99 Å². The summed E-state index contributed by atoms with van der Waals surface area (Å²) in [6.07, 6.45) is 4.31. The molecule has 1 aromatic heterocycles. The maximum absolute atomic E-state index is 5.16. The van der Waals surface area contributed by atoms with Crippen LogP contribution in [0.4, 0.5) is 0 Å². The molecule has 0 radical (unpaired) electrons. The van der Waals surface area contributed by atoms with Gasteiger partial charge in [-0.2, -0.15) is 0 Å². The van der Waals surface area contributed by atoms with E-state index in [9.17, 15) is 0 Å². The van der Waals surface area contributed by atoms with E-state index in [1.807, 2.05) is 0 Å². The Morgan fingerprint density at radius 2 is 1.20 bits per heavy atom. The Balaban J connectivity index is 1.66. The monoisotopic (exact) mass is 456 g/mol. The summed E-state index contributed by atoms with van der Waals surface area (Å²) in [7, 11) is 0. The predicted octanol–water partition coefficient (Wildman–Crippen LogP) is 8.35. The van der Waals surface area contributed by atoms with Gasteiger partial charge in [0.2, 0.25) is 0 Å². The summed E-state index contributed by atoms with van der Waals surface area (Å²) in [5.41, 5.74) is 16.7. The van der Waals surface area contributed by atoms with E-state index >= 15 is 0 Å². The third kappa shape index (κ3) is 4.33. The summed E-state index contributed by atoms with van der Waals surface area (Å²) >= 11 is 0. The van der Waals surface area contributed by atoms with Crippen molar-refractivity contribution < 1.29 is 0 Å². The maximum atomic E-state index is 5.16. The average Bonchev–Trinajstić information content (AvgIpc) is 3.44. The van der Waals surface area contributed by atoms with Crippen LogP contribution in [0.2, 0.25) is 0 Å². The standard InChI is InChI=1S/C33H32N2/c1-20-16-22(3)31(23(4)17-20)27-12-14-29(34-27)33(26-10-8-7-9-11-26)30-15-13-28(35-30)32-24(5)18-21(2)19-25(32)6/h7-19,34H,1-6H3/b33-30-. The highest BCUT2D eigenvalue weighted by molar-refractivity contribution is 6.14. The molecule has 4 aromatic rings. The minimum Gasteiger partial charge on any atom is -0.354 e. The van der Waals surface area contributed by atoms with Crippen LogP contribution in [0.5, 0.6) is 0 Å². The molecular weight excluding hydrogens is 424 g/mol. The second kappa shape index (κ2) is 9.03. The summed E-state index contributed by atoms with van der Waals surface area (Å²) in [6, 6.07) is 23.9. The van der Waals surface area contributed by atoms with Crippen molar-refractivity contribution >= 4 is 11.3 Å². The fourth-order valence-corrected chi connectivity index (χ4v) is 5.56. The van der Waals surface area contributed by atoms with Gasteiger partial charge in [-0.1, -0.05) is 65.7 Å². The smallest absolute Gasteiger partial charge is 0.0737 e.